The van der Waals surface area contributed by atoms with Gasteiger partial charge in [0.15, 0.2) is 0 Å². The van der Waals surface area contributed by atoms with E-state index >= 15 is 0 Å². The zero-order valence-corrected chi connectivity index (χ0v) is 11.9. The van der Waals surface area contributed by atoms with Gasteiger partial charge in [0.2, 0.25) is 0 Å². The SMILES string of the molecule is COCC1CCN(c2ccc(C(=N)N)cc2Cl)CC1. The van der Waals surface area contributed by atoms with Crippen LogP contribution in [0.5, 0.6) is 0 Å². The molecule has 1 aromatic carbocycles. The zero-order valence-electron chi connectivity index (χ0n) is 11.2. The van der Waals surface area contributed by atoms with E-state index in [9.17, 15) is 0 Å². The maximum Gasteiger partial charge on any atom is 0.122 e. The van der Waals surface area contributed by atoms with Crippen molar-refractivity contribution in [3.8, 4) is 0 Å². The zero-order chi connectivity index (χ0) is 13.8. The molecule has 0 unspecified atom stereocenters. The standard InChI is InChI=1S/C14H20ClN3O/c1-19-9-10-4-6-18(7-5-10)13-3-2-11(14(16)17)8-12(13)15/h2-3,8,10H,4-7,9H2,1H3,(H3,16,17). The quantitative estimate of drug-likeness (QED) is 0.658. The monoisotopic (exact) mass is 281 g/mol. The lowest BCUT2D eigenvalue weighted by atomic mass is 9.97. The summed E-state index contributed by atoms with van der Waals surface area (Å²) in [5.41, 5.74) is 7.16. The van der Waals surface area contributed by atoms with Crippen molar-refractivity contribution in [2.45, 2.75) is 12.8 Å². The third-order valence-corrected chi connectivity index (χ3v) is 3.92. The number of ether oxygens (including phenoxy) is 1. The molecule has 0 aliphatic carbocycles. The van der Waals surface area contributed by atoms with Crippen LogP contribution < -0.4 is 10.6 Å². The Balaban J connectivity index is 2.05. The number of benzene rings is 1. The van der Waals surface area contributed by atoms with Crippen LogP contribution in [0.2, 0.25) is 5.02 Å². The van der Waals surface area contributed by atoms with E-state index in [2.05, 4.69) is 4.90 Å². The number of nitrogen functional groups attached to an aromatic ring is 1. The Morgan fingerprint density at radius 3 is 2.68 bits per heavy atom. The molecule has 104 valence electrons. The van der Waals surface area contributed by atoms with Gasteiger partial charge in [0, 0.05) is 32.4 Å². The molecule has 1 saturated heterocycles. The fraction of sp³-hybridized carbons (Fsp3) is 0.500. The van der Waals surface area contributed by atoms with Crippen LogP contribution in [-0.4, -0.2) is 32.6 Å². The molecule has 19 heavy (non-hydrogen) atoms. The molecule has 0 spiro atoms. The lowest BCUT2D eigenvalue weighted by Crippen LogP contribution is -2.35. The van der Waals surface area contributed by atoms with Crippen molar-refractivity contribution in [1.82, 2.24) is 0 Å². The van der Waals surface area contributed by atoms with Crippen molar-refractivity contribution in [3.05, 3.63) is 28.8 Å². The van der Waals surface area contributed by atoms with E-state index in [1.807, 2.05) is 12.1 Å². The van der Waals surface area contributed by atoms with Crippen molar-refractivity contribution >= 4 is 23.1 Å². The van der Waals surface area contributed by atoms with Gasteiger partial charge in [0.05, 0.1) is 10.7 Å². The van der Waals surface area contributed by atoms with Gasteiger partial charge in [-0.3, -0.25) is 5.41 Å². The Morgan fingerprint density at radius 2 is 2.16 bits per heavy atom. The van der Waals surface area contributed by atoms with Crippen LogP contribution in [0, 0.1) is 11.3 Å². The molecule has 0 atom stereocenters. The molecule has 4 nitrogen and oxygen atoms in total. The molecule has 5 heteroatoms. The summed E-state index contributed by atoms with van der Waals surface area (Å²) in [4.78, 5) is 2.29. The van der Waals surface area contributed by atoms with Crippen molar-refractivity contribution in [3.63, 3.8) is 0 Å². The van der Waals surface area contributed by atoms with Gasteiger partial charge >= 0.3 is 0 Å². The van der Waals surface area contributed by atoms with Crippen LogP contribution >= 0.6 is 11.6 Å². The molecule has 3 N–H and O–H groups in total. The summed E-state index contributed by atoms with van der Waals surface area (Å²) in [6.07, 6.45) is 2.25. The minimum atomic E-state index is 0.0484. The van der Waals surface area contributed by atoms with Gasteiger partial charge in [-0.25, -0.2) is 0 Å². The Hall–Kier alpha value is -1.26. The van der Waals surface area contributed by atoms with Gasteiger partial charge in [-0.1, -0.05) is 11.6 Å². The largest absolute Gasteiger partial charge is 0.384 e. The molecule has 0 aromatic heterocycles. The number of hydrogen-bond donors (Lipinski definition) is 2. The molecule has 1 fully saturated rings. The normalized spacial score (nSPS) is 16.6. The van der Waals surface area contributed by atoms with E-state index < -0.39 is 0 Å². The summed E-state index contributed by atoms with van der Waals surface area (Å²) in [5, 5.41) is 8.08. The molecule has 2 rings (SSSR count). The summed E-state index contributed by atoms with van der Waals surface area (Å²) >= 11 is 6.29. The third-order valence-electron chi connectivity index (χ3n) is 3.62. The van der Waals surface area contributed by atoms with Crippen LogP contribution in [0.25, 0.3) is 0 Å². The molecule has 1 aliphatic heterocycles. The first-order chi connectivity index (χ1) is 9.11. The molecule has 1 aromatic rings. The third kappa shape index (κ3) is 3.39. The first-order valence-electron chi connectivity index (χ1n) is 6.49. The van der Waals surface area contributed by atoms with Crippen LogP contribution in [-0.2, 0) is 4.74 Å². The van der Waals surface area contributed by atoms with Crippen LogP contribution in [0.15, 0.2) is 18.2 Å². The first kappa shape index (κ1) is 14.2. The number of piperidine rings is 1. The van der Waals surface area contributed by atoms with Crippen LogP contribution in [0.3, 0.4) is 0 Å². The number of rotatable bonds is 4. The highest BCUT2D eigenvalue weighted by atomic mass is 35.5. The van der Waals surface area contributed by atoms with Gasteiger partial charge in [-0.05, 0) is 37.0 Å². The van der Waals surface area contributed by atoms with E-state index in [1.54, 1.807) is 13.2 Å². The molecule has 0 amide bonds. The Kier molecular flexibility index (Phi) is 4.66. The Bertz CT molecular complexity index is 456. The van der Waals surface area contributed by atoms with E-state index in [0.717, 1.165) is 38.2 Å². The van der Waals surface area contributed by atoms with E-state index in [1.165, 1.54) is 0 Å². The van der Waals surface area contributed by atoms with Crippen LogP contribution in [0.1, 0.15) is 18.4 Å². The minimum Gasteiger partial charge on any atom is -0.384 e. The minimum absolute atomic E-state index is 0.0484. The van der Waals surface area contributed by atoms with Gasteiger partial charge in [-0.15, -0.1) is 0 Å². The lowest BCUT2D eigenvalue weighted by molar-refractivity contribution is 0.139. The second-order valence-electron chi connectivity index (χ2n) is 4.97. The number of amidine groups is 1. The van der Waals surface area contributed by atoms with Crippen LogP contribution in [0.4, 0.5) is 5.69 Å². The van der Waals surface area contributed by atoms with Gasteiger partial charge < -0.3 is 15.4 Å². The summed E-state index contributed by atoms with van der Waals surface area (Å²) < 4.78 is 5.21. The topological polar surface area (TPSA) is 62.3 Å². The number of nitrogens with zero attached hydrogens (tertiary/aromatic N) is 1. The lowest BCUT2D eigenvalue weighted by Gasteiger charge is -2.34. The number of nitrogens with one attached hydrogen (secondary N) is 1. The number of anilines is 1. The number of hydrogen-bond acceptors (Lipinski definition) is 3. The predicted molar refractivity (Wildman–Crippen MR) is 79.3 cm³/mol. The molecular formula is C14H20ClN3O. The molecular weight excluding hydrogens is 262 g/mol. The number of nitrogens with two attached hydrogens (primary N) is 1. The highest BCUT2D eigenvalue weighted by molar-refractivity contribution is 6.33. The maximum atomic E-state index is 7.41. The average molecular weight is 282 g/mol. The van der Waals surface area contributed by atoms with Gasteiger partial charge in [-0.2, -0.15) is 0 Å². The summed E-state index contributed by atoms with van der Waals surface area (Å²) in [7, 11) is 1.75. The van der Waals surface area contributed by atoms with E-state index in [-0.39, 0.29) is 5.84 Å². The fourth-order valence-corrected chi connectivity index (χ4v) is 2.81. The molecule has 0 radical (unpaired) electrons. The second-order valence-corrected chi connectivity index (χ2v) is 5.37. The van der Waals surface area contributed by atoms with E-state index in [4.69, 9.17) is 27.5 Å². The second kappa shape index (κ2) is 6.26. The molecule has 0 bridgehead atoms. The van der Waals surface area contributed by atoms with Gasteiger partial charge in [0.1, 0.15) is 5.84 Å². The van der Waals surface area contributed by atoms with Crippen molar-refractivity contribution in [2.24, 2.45) is 11.7 Å². The highest BCUT2D eigenvalue weighted by Crippen LogP contribution is 2.30. The van der Waals surface area contributed by atoms with E-state index in [0.29, 0.717) is 16.5 Å². The van der Waals surface area contributed by atoms with Crippen molar-refractivity contribution in [1.29, 1.82) is 5.41 Å². The fourth-order valence-electron chi connectivity index (χ4n) is 2.51. The summed E-state index contributed by atoms with van der Waals surface area (Å²) in [6.45, 7) is 2.82. The van der Waals surface area contributed by atoms with Crippen molar-refractivity contribution in [2.75, 3.05) is 31.7 Å². The molecule has 1 aliphatic rings. The Morgan fingerprint density at radius 1 is 1.47 bits per heavy atom. The molecule has 1 heterocycles. The summed E-state index contributed by atoms with van der Waals surface area (Å²) in [6, 6.07) is 5.57. The van der Waals surface area contributed by atoms with Crippen molar-refractivity contribution < 1.29 is 4.74 Å². The predicted octanol–water partition coefficient (Wildman–Crippen LogP) is 2.49. The Labute approximate surface area is 119 Å². The number of methoxy groups -OCH3 is 1. The first-order valence-corrected chi connectivity index (χ1v) is 6.87. The average Bonchev–Trinajstić information content (AvgIpc) is 2.40. The molecule has 0 saturated carbocycles. The highest BCUT2D eigenvalue weighted by Gasteiger charge is 2.20. The maximum absolute atomic E-state index is 7.41. The smallest absolute Gasteiger partial charge is 0.122 e. The van der Waals surface area contributed by atoms with Gasteiger partial charge in [0.25, 0.3) is 0 Å². The summed E-state index contributed by atoms with van der Waals surface area (Å²) in [5.74, 6) is 0.698. The number of halogens is 1.